The third-order valence-electron chi connectivity index (χ3n) is 3.21. The first kappa shape index (κ1) is 15.0. The number of aromatic nitrogens is 5. The molecule has 0 amide bonds. The largest absolute Gasteiger partial charge is 0.456 e. The fourth-order valence-electron chi connectivity index (χ4n) is 1.98. The molecule has 2 N–H and O–H groups in total. The van der Waals surface area contributed by atoms with Crippen molar-refractivity contribution in [2.75, 3.05) is 5.73 Å². The van der Waals surface area contributed by atoms with Crippen LogP contribution < -0.4 is 5.73 Å². The van der Waals surface area contributed by atoms with Gasteiger partial charge in [-0.2, -0.15) is 10.2 Å². The molecule has 0 aromatic carbocycles. The first-order valence-electron chi connectivity index (χ1n) is 6.84. The molecule has 0 aliphatic rings. The Bertz CT molecular complexity index is 631. The summed E-state index contributed by atoms with van der Waals surface area (Å²) in [6.45, 7) is 6.56. The molecule has 21 heavy (non-hydrogen) atoms. The highest BCUT2D eigenvalue weighted by atomic mass is 16.5. The van der Waals surface area contributed by atoms with Crippen molar-refractivity contribution in [3.8, 4) is 0 Å². The molecule has 0 spiro atoms. The third kappa shape index (κ3) is 3.39. The van der Waals surface area contributed by atoms with Gasteiger partial charge in [-0.25, -0.2) is 9.67 Å². The van der Waals surface area contributed by atoms with Crippen molar-refractivity contribution in [3.63, 3.8) is 0 Å². The number of carbonyl (C=O) groups is 1. The number of aryl methyl sites for hydroxylation is 2. The van der Waals surface area contributed by atoms with Crippen LogP contribution >= 0.6 is 0 Å². The summed E-state index contributed by atoms with van der Waals surface area (Å²) in [5, 5.41) is 8.28. The molecule has 0 aliphatic heterocycles. The average molecular weight is 292 g/mol. The zero-order chi connectivity index (χ0) is 15.4. The Kier molecular flexibility index (Phi) is 4.56. The van der Waals surface area contributed by atoms with Crippen LogP contribution in [0.15, 0.2) is 6.33 Å². The van der Waals surface area contributed by atoms with E-state index in [-0.39, 0.29) is 19.1 Å². The van der Waals surface area contributed by atoms with Crippen molar-refractivity contribution in [1.29, 1.82) is 0 Å². The number of anilines is 1. The number of rotatable bonds is 6. The Labute approximate surface area is 122 Å². The quantitative estimate of drug-likeness (QED) is 0.791. The van der Waals surface area contributed by atoms with E-state index < -0.39 is 0 Å². The maximum Gasteiger partial charge on any atom is 0.328 e. The van der Waals surface area contributed by atoms with Crippen LogP contribution in [0.4, 0.5) is 5.69 Å². The summed E-state index contributed by atoms with van der Waals surface area (Å²) in [7, 11) is 0. The van der Waals surface area contributed by atoms with Crippen LogP contribution in [0.1, 0.15) is 30.6 Å². The minimum atomic E-state index is -0.383. The second kappa shape index (κ2) is 6.38. The van der Waals surface area contributed by atoms with Crippen LogP contribution in [-0.2, 0) is 29.2 Å². The number of esters is 1. The van der Waals surface area contributed by atoms with Gasteiger partial charge >= 0.3 is 5.97 Å². The van der Waals surface area contributed by atoms with Crippen molar-refractivity contribution in [3.05, 3.63) is 23.5 Å². The second-order valence-corrected chi connectivity index (χ2v) is 4.80. The Morgan fingerprint density at radius 2 is 2.14 bits per heavy atom. The van der Waals surface area contributed by atoms with Gasteiger partial charge < -0.3 is 10.5 Å². The number of nitrogens with zero attached hydrogens (tertiary/aromatic N) is 5. The van der Waals surface area contributed by atoms with Crippen molar-refractivity contribution >= 4 is 11.7 Å². The molecule has 8 nitrogen and oxygen atoms in total. The maximum atomic E-state index is 11.9. The smallest absolute Gasteiger partial charge is 0.328 e. The summed E-state index contributed by atoms with van der Waals surface area (Å²) in [6.07, 6.45) is 2.40. The van der Waals surface area contributed by atoms with Gasteiger partial charge in [-0.15, -0.1) is 0 Å². The van der Waals surface area contributed by atoms with Crippen molar-refractivity contribution in [2.45, 2.75) is 46.9 Å². The van der Waals surface area contributed by atoms with E-state index in [9.17, 15) is 4.79 Å². The van der Waals surface area contributed by atoms with E-state index in [1.807, 2.05) is 13.8 Å². The summed E-state index contributed by atoms with van der Waals surface area (Å²) >= 11 is 0. The van der Waals surface area contributed by atoms with Gasteiger partial charge in [-0.1, -0.05) is 6.92 Å². The summed E-state index contributed by atoms with van der Waals surface area (Å²) in [6, 6.07) is 0. The van der Waals surface area contributed by atoms with Crippen LogP contribution in [0.5, 0.6) is 0 Å². The predicted molar refractivity (Wildman–Crippen MR) is 76.2 cm³/mol. The third-order valence-corrected chi connectivity index (χ3v) is 3.21. The molecule has 0 radical (unpaired) electrons. The number of hydrogen-bond acceptors (Lipinski definition) is 6. The minimum Gasteiger partial charge on any atom is -0.456 e. The highest BCUT2D eigenvalue weighted by molar-refractivity contribution is 5.69. The Balaban J connectivity index is 1.93. The molecule has 0 aliphatic carbocycles. The molecule has 2 aromatic rings. The molecule has 0 bridgehead atoms. The Morgan fingerprint density at radius 3 is 2.76 bits per heavy atom. The number of nitrogen functional groups attached to an aromatic ring is 1. The van der Waals surface area contributed by atoms with Gasteiger partial charge in [-0.3, -0.25) is 9.48 Å². The molecule has 8 heteroatoms. The zero-order valence-corrected chi connectivity index (χ0v) is 12.5. The summed E-state index contributed by atoms with van der Waals surface area (Å²) in [4.78, 5) is 16.0. The highest BCUT2D eigenvalue weighted by Gasteiger charge is 2.13. The zero-order valence-electron chi connectivity index (χ0n) is 12.5. The van der Waals surface area contributed by atoms with Crippen molar-refractivity contribution in [2.24, 2.45) is 0 Å². The van der Waals surface area contributed by atoms with Crippen LogP contribution in [0, 0.1) is 13.8 Å². The lowest BCUT2D eigenvalue weighted by atomic mass is 10.3. The van der Waals surface area contributed by atoms with E-state index in [0.717, 1.165) is 18.7 Å². The van der Waals surface area contributed by atoms with E-state index in [4.69, 9.17) is 10.5 Å². The SMILES string of the molecule is CCCn1ncnc1COC(=O)Cn1nc(C)c(N)c1C. The lowest BCUT2D eigenvalue weighted by molar-refractivity contribution is -0.146. The fourth-order valence-corrected chi connectivity index (χ4v) is 1.98. The Hall–Kier alpha value is -2.38. The normalized spacial score (nSPS) is 10.8. The van der Waals surface area contributed by atoms with E-state index in [1.165, 1.54) is 6.33 Å². The van der Waals surface area contributed by atoms with Gasteiger partial charge in [0.1, 0.15) is 12.9 Å². The van der Waals surface area contributed by atoms with E-state index in [0.29, 0.717) is 17.2 Å². The van der Waals surface area contributed by atoms with Gasteiger partial charge in [0, 0.05) is 6.54 Å². The van der Waals surface area contributed by atoms with Gasteiger partial charge in [0.05, 0.1) is 17.1 Å². The van der Waals surface area contributed by atoms with E-state index in [2.05, 4.69) is 15.2 Å². The molecule has 2 aromatic heterocycles. The first-order chi connectivity index (χ1) is 10.0. The average Bonchev–Trinajstić information content (AvgIpc) is 2.98. The molecule has 0 atom stereocenters. The fraction of sp³-hybridized carbons (Fsp3) is 0.538. The molecule has 0 saturated carbocycles. The van der Waals surface area contributed by atoms with Gasteiger partial charge in [0.25, 0.3) is 0 Å². The van der Waals surface area contributed by atoms with Gasteiger partial charge in [0.15, 0.2) is 12.4 Å². The highest BCUT2D eigenvalue weighted by Crippen LogP contribution is 2.14. The van der Waals surface area contributed by atoms with Crippen LogP contribution in [0.3, 0.4) is 0 Å². The molecule has 0 unspecified atom stereocenters. The van der Waals surface area contributed by atoms with Crippen LogP contribution in [0.25, 0.3) is 0 Å². The van der Waals surface area contributed by atoms with Crippen LogP contribution in [-0.4, -0.2) is 30.5 Å². The monoisotopic (exact) mass is 292 g/mol. The van der Waals surface area contributed by atoms with Gasteiger partial charge in [0.2, 0.25) is 0 Å². The van der Waals surface area contributed by atoms with E-state index in [1.54, 1.807) is 16.3 Å². The molecule has 0 saturated heterocycles. The first-order valence-corrected chi connectivity index (χ1v) is 6.84. The number of carbonyl (C=O) groups excluding carboxylic acids is 1. The maximum absolute atomic E-state index is 11.9. The van der Waals surface area contributed by atoms with E-state index >= 15 is 0 Å². The topological polar surface area (TPSA) is 101 Å². The van der Waals surface area contributed by atoms with Crippen LogP contribution in [0.2, 0.25) is 0 Å². The summed E-state index contributed by atoms with van der Waals surface area (Å²) in [5.74, 6) is 0.254. The molecule has 2 heterocycles. The summed E-state index contributed by atoms with van der Waals surface area (Å²) < 4.78 is 8.49. The number of ether oxygens (including phenoxy) is 1. The van der Waals surface area contributed by atoms with Gasteiger partial charge in [-0.05, 0) is 20.3 Å². The second-order valence-electron chi connectivity index (χ2n) is 4.80. The lowest BCUT2D eigenvalue weighted by Gasteiger charge is -2.07. The molecular formula is C13H20N6O2. The lowest BCUT2D eigenvalue weighted by Crippen LogP contribution is -2.17. The molecule has 0 fully saturated rings. The molecule has 2 rings (SSSR count). The molecule has 114 valence electrons. The number of hydrogen-bond donors (Lipinski definition) is 1. The van der Waals surface area contributed by atoms with Crippen molar-refractivity contribution < 1.29 is 9.53 Å². The number of nitrogens with two attached hydrogens (primary N) is 1. The molecular weight excluding hydrogens is 272 g/mol. The Morgan fingerprint density at radius 1 is 1.38 bits per heavy atom. The standard InChI is InChI=1S/C13H20N6O2/c1-4-5-18-11(15-8-16-18)7-21-12(20)6-19-10(3)13(14)9(2)17-19/h8H,4-7,14H2,1-3H3. The predicted octanol–water partition coefficient (Wildman–Crippen LogP) is 0.827. The van der Waals surface area contributed by atoms with Crippen molar-refractivity contribution in [1.82, 2.24) is 24.5 Å². The summed E-state index contributed by atoms with van der Waals surface area (Å²) in [5.41, 5.74) is 7.90. The minimum absolute atomic E-state index is 0.0335.